The first-order valence-corrected chi connectivity index (χ1v) is 4.60. The predicted molar refractivity (Wildman–Crippen MR) is 55.9 cm³/mol. The van der Waals surface area contributed by atoms with Gasteiger partial charge in [0.1, 0.15) is 0 Å². The van der Waals surface area contributed by atoms with Crippen molar-refractivity contribution in [3.05, 3.63) is 44.5 Å². The van der Waals surface area contributed by atoms with Gasteiger partial charge in [0.2, 0.25) is 11.8 Å². The average molecular weight is 236 g/mol. The smallest absolute Gasteiger partial charge is 0.258 e. The zero-order valence-electron chi connectivity index (χ0n) is 8.47. The number of H-pyrrole nitrogens is 2. The van der Waals surface area contributed by atoms with Gasteiger partial charge in [0.15, 0.2) is 0 Å². The van der Waals surface area contributed by atoms with E-state index in [2.05, 4.69) is 19.9 Å². The lowest BCUT2D eigenvalue weighted by Crippen LogP contribution is -2.19. The molecule has 2 heterocycles. The summed E-state index contributed by atoms with van der Waals surface area (Å²) in [5.74, 6) is -0.979. The summed E-state index contributed by atoms with van der Waals surface area (Å²) in [6.45, 7) is 0. The summed E-state index contributed by atoms with van der Waals surface area (Å²) in [5, 5.41) is 18.8. The molecule has 2 aromatic heterocycles. The van der Waals surface area contributed by atoms with Crippen molar-refractivity contribution in [1.82, 2.24) is 19.9 Å². The number of aromatic hydroxyl groups is 2. The molecule has 2 aromatic rings. The highest BCUT2D eigenvalue weighted by atomic mass is 16.3. The van der Waals surface area contributed by atoms with Gasteiger partial charge in [-0.15, -0.1) is 0 Å². The molecule has 0 spiro atoms. The Kier molecular flexibility index (Phi) is 2.61. The topological polar surface area (TPSA) is 132 Å². The van der Waals surface area contributed by atoms with Crippen LogP contribution in [0.4, 0.5) is 0 Å². The molecule has 0 aliphatic carbocycles. The van der Waals surface area contributed by atoms with Gasteiger partial charge in [-0.1, -0.05) is 0 Å². The van der Waals surface area contributed by atoms with Crippen molar-refractivity contribution < 1.29 is 10.2 Å². The van der Waals surface area contributed by atoms with Crippen LogP contribution in [0.5, 0.6) is 11.8 Å². The number of nitrogens with zero attached hydrogens (tertiary/aromatic N) is 2. The third kappa shape index (κ3) is 2.00. The van der Waals surface area contributed by atoms with E-state index in [0.29, 0.717) is 0 Å². The van der Waals surface area contributed by atoms with E-state index in [0.717, 1.165) is 12.7 Å². The number of rotatable bonds is 2. The van der Waals surface area contributed by atoms with Gasteiger partial charge in [-0.2, -0.15) is 0 Å². The average Bonchev–Trinajstić information content (AvgIpc) is 2.27. The molecule has 0 unspecified atom stereocenters. The predicted octanol–water partition coefficient (Wildman–Crippen LogP) is -1.14. The van der Waals surface area contributed by atoms with Crippen LogP contribution in [0.2, 0.25) is 0 Å². The Bertz CT molecular complexity index is 603. The molecule has 0 saturated heterocycles. The lowest BCUT2D eigenvalue weighted by molar-refractivity contribution is 0.436. The fraction of sp³-hybridized carbons (Fsp3) is 0.111. The Balaban J connectivity index is 2.53. The third-order valence-electron chi connectivity index (χ3n) is 2.21. The van der Waals surface area contributed by atoms with Gasteiger partial charge in [-0.05, 0) is 0 Å². The number of aromatic nitrogens is 4. The van der Waals surface area contributed by atoms with Crippen LogP contribution < -0.4 is 11.1 Å². The summed E-state index contributed by atoms with van der Waals surface area (Å²) in [5.41, 5.74) is -1.39. The van der Waals surface area contributed by atoms with E-state index in [1.807, 2.05) is 0 Å². The highest BCUT2D eigenvalue weighted by Crippen LogP contribution is 2.15. The van der Waals surface area contributed by atoms with Crippen molar-refractivity contribution in [2.75, 3.05) is 0 Å². The van der Waals surface area contributed by atoms with Crippen molar-refractivity contribution in [1.29, 1.82) is 0 Å². The monoisotopic (exact) mass is 236 g/mol. The molecule has 0 aromatic carbocycles. The molecule has 0 radical (unpaired) electrons. The Hall–Kier alpha value is -2.64. The first-order chi connectivity index (χ1) is 8.09. The zero-order chi connectivity index (χ0) is 12.4. The van der Waals surface area contributed by atoms with Crippen LogP contribution in [0.3, 0.4) is 0 Å². The van der Waals surface area contributed by atoms with E-state index in [4.69, 9.17) is 0 Å². The Morgan fingerprint density at radius 2 is 1.35 bits per heavy atom. The molecule has 0 aliphatic heterocycles. The Morgan fingerprint density at radius 1 is 0.941 bits per heavy atom. The molecular weight excluding hydrogens is 228 g/mol. The molecule has 0 bridgehead atoms. The first-order valence-electron chi connectivity index (χ1n) is 4.60. The fourth-order valence-electron chi connectivity index (χ4n) is 1.33. The maximum Gasteiger partial charge on any atom is 0.258 e. The van der Waals surface area contributed by atoms with Crippen molar-refractivity contribution in [3.63, 3.8) is 0 Å². The molecule has 8 nitrogen and oxygen atoms in total. The van der Waals surface area contributed by atoms with Crippen LogP contribution in [-0.4, -0.2) is 30.1 Å². The summed E-state index contributed by atoms with van der Waals surface area (Å²) in [4.78, 5) is 34.3. The minimum absolute atomic E-state index is 0.110. The lowest BCUT2D eigenvalue weighted by Gasteiger charge is -2.02. The summed E-state index contributed by atoms with van der Waals surface area (Å²) < 4.78 is 0. The third-order valence-corrected chi connectivity index (χ3v) is 2.21. The summed E-state index contributed by atoms with van der Waals surface area (Å²) in [6, 6.07) is 0. The van der Waals surface area contributed by atoms with E-state index < -0.39 is 22.9 Å². The van der Waals surface area contributed by atoms with E-state index in [1.165, 1.54) is 0 Å². The second-order valence-electron chi connectivity index (χ2n) is 3.24. The fourth-order valence-corrected chi connectivity index (χ4v) is 1.33. The zero-order valence-corrected chi connectivity index (χ0v) is 8.47. The number of hydrogen-bond acceptors (Lipinski definition) is 6. The number of nitrogens with one attached hydrogen (secondary N) is 2. The van der Waals surface area contributed by atoms with Crippen molar-refractivity contribution >= 4 is 0 Å². The molecule has 17 heavy (non-hydrogen) atoms. The molecule has 0 atom stereocenters. The second-order valence-corrected chi connectivity index (χ2v) is 3.24. The highest BCUT2D eigenvalue weighted by molar-refractivity contribution is 5.32. The number of hydrogen-bond donors (Lipinski definition) is 4. The Morgan fingerprint density at radius 3 is 1.71 bits per heavy atom. The normalized spacial score (nSPS) is 10.4. The van der Waals surface area contributed by atoms with E-state index in [-0.39, 0.29) is 17.5 Å². The minimum atomic E-state index is -0.583. The van der Waals surface area contributed by atoms with Crippen molar-refractivity contribution in [2.45, 2.75) is 6.42 Å². The van der Waals surface area contributed by atoms with Crippen LogP contribution in [-0.2, 0) is 6.42 Å². The largest absolute Gasteiger partial charge is 0.493 e. The molecule has 8 heteroatoms. The van der Waals surface area contributed by atoms with Gasteiger partial charge >= 0.3 is 0 Å². The molecular formula is C9H8N4O4. The van der Waals surface area contributed by atoms with Gasteiger partial charge in [0.05, 0.1) is 23.8 Å². The van der Waals surface area contributed by atoms with Gasteiger partial charge < -0.3 is 20.2 Å². The Labute approximate surface area is 93.6 Å². The van der Waals surface area contributed by atoms with E-state index in [1.54, 1.807) is 0 Å². The second kappa shape index (κ2) is 4.08. The van der Waals surface area contributed by atoms with Gasteiger partial charge in [-0.3, -0.25) is 9.59 Å². The van der Waals surface area contributed by atoms with E-state index in [9.17, 15) is 19.8 Å². The van der Waals surface area contributed by atoms with Crippen LogP contribution >= 0.6 is 0 Å². The van der Waals surface area contributed by atoms with Gasteiger partial charge in [-0.25, -0.2) is 9.97 Å². The molecule has 88 valence electrons. The SMILES string of the molecule is O=c1[nH]cnc(O)c1Cc1c(O)nc[nH]c1=O. The molecule has 0 amide bonds. The molecule has 0 fully saturated rings. The van der Waals surface area contributed by atoms with Crippen molar-refractivity contribution in [3.8, 4) is 11.8 Å². The highest BCUT2D eigenvalue weighted by Gasteiger charge is 2.14. The lowest BCUT2D eigenvalue weighted by atomic mass is 10.1. The molecule has 0 saturated carbocycles. The maximum absolute atomic E-state index is 11.4. The van der Waals surface area contributed by atoms with E-state index >= 15 is 0 Å². The van der Waals surface area contributed by atoms with Gasteiger partial charge in [0, 0.05) is 6.42 Å². The van der Waals surface area contributed by atoms with Crippen LogP contribution in [0.15, 0.2) is 22.2 Å². The minimum Gasteiger partial charge on any atom is -0.493 e. The molecule has 2 rings (SSSR count). The van der Waals surface area contributed by atoms with Crippen LogP contribution in [0.25, 0.3) is 0 Å². The van der Waals surface area contributed by atoms with Crippen molar-refractivity contribution in [2.24, 2.45) is 0 Å². The summed E-state index contributed by atoms with van der Waals surface area (Å²) in [6.07, 6.45) is 1.81. The van der Waals surface area contributed by atoms with Crippen LogP contribution in [0, 0.1) is 0 Å². The summed E-state index contributed by atoms with van der Waals surface area (Å²) in [7, 11) is 0. The maximum atomic E-state index is 11.4. The summed E-state index contributed by atoms with van der Waals surface area (Å²) >= 11 is 0. The quantitative estimate of drug-likeness (QED) is 0.520. The van der Waals surface area contributed by atoms with Crippen LogP contribution in [0.1, 0.15) is 11.1 Å². The first kappa shape index (κ1) is 10.9. The standard InChI is InChI=1S/C9H8N4O4/c14-6-4(7(15)11-2-10-6)1-5-8(16)12-3-13-9(5)17/h2-3H,1H2,(H2,10,11,14,15)(H2,12,13,16,17). The number of aromatic amines is 2. The molecule has 4 N–H and O–H groups in total. The molecule has 0 aliphatic rings. The van der Waals surface area contributed by atoms with Gasteiger partial charge in [0.25, 0.3) is 11.1 Å².